The second kappa shape index (κ2) is 10.0. The van der Waals surface area contributed by atoms with Crippen LogP contribution >= 0.6 is 11.3 Å². The van der Waals surface area contributed by atoms with Gasteiger partial charge in [0.05, 0.1) is 6.54 Å². The average molecular weight is 460 g/mol. The number of nitrogen functional groups attached to an aromatic ring is 1. The normalized spacial score (nSPS) is 19.6. The maximum Gasteiger partial charge on any atom is 0.330 e. The second-order valence-corrected chi connectivity index (χ2v) is 9.82. The first-order chi connectivity index (χ1) is 15.5. The number of thiophene rings is 1. The van der Waals surface area contributed by atoms with Gasteiger partial charge in [-0.15, -0.1) is 11.3 Å². The number of H-pyrrole nitrogens is 1. The molecule has 2 aromatic rings. The molecule has 0 radical (unpaired) electrons. The molecule has 2 fully saturated rings. The molecule has 1 saturated heterocycles. The lowest BCUT2D eigenvalue weighted by Crippen LogP contribution is -2.49. The summed E-state index contributed by atoms with van der Waals surface area (Å²) in [7, 11) is 0. The number of amides is 1. The van der Waals surface area contributed by atoms with Crippen molar-refractivity contribution in [1.29, 1.82) is 0 Å². The van der Waals surface area contributed by atoms with Gasteiger partial charge in [0.1, 0.15) is 5.82 Å². The zero-order valence-electron chi connectivity index (χ0n) is 18.7. The van der Waals surface area contributed by atoms with Crippen LogP contribution in [0.2, 0.25) is 0 Å². The molecule has 0 aromatic carbocycles. The molecule has 4 rings (SSSR count). The molecule has 8 nitrogen and oxygen atoms in total. The van der Waals surface area contributed by atoms with E-state index in [1.54, 1.807) is 16.2 Å². The van der Waals surface area contributed by atoms with E-state index < -0.39 is 11.2 Å². The quantitative estimate of drug-likeness (QED) is 0.631. The second-order valence-electron chi connectivity index (χ2n) is 8.84. The van der Waals surface area contributed by atoms with E-state index in [1.165, 1.54) is 9.44 Å². The minimum absolute atomic E-state index is 0.0641. The number of nitrogens with two attached hydrogens (primary N) is 1. The summed E-state index contributed by atoms with van der Waals surface area (Å²) in [5.41, 5.74) is 5.44. The highest BCUT2D eigenvalue weighted by Gasteiger charge is 2.35. The van der Waals surface area contributed by atoms with Gasteiger partial charge in [0.2, 0.25) is 5.91 Å². The Morgan fingerprint density at radius 1 is 1.25 bits per heavy atom. The number of hydrogen-bond donors (Lipinski definition) is 2. The Morgan fingerprint density at radius 3 is 2.72 bits per heavy atom. The van der Waals surface area contributed by atoms with E-state index in [4.69, 9.17) is 5.73 Å². The fraction of sp³-hybridized carbons (Fsp3) is 0.609. The van der Waals surface area contributed by atoms with Gasteiger partial charge in [0.15, 0.2) is 5.69 Å². The van der Waals surface area contributed by atoms with Crippen molar-refractivity contribution in [2.45, 2.75) is 76.9 Å². The smallest absolute Gasteiger partial charge is 0.330 e. The number of aromatic amines is 1. The number of anilines is 2. The third-order valence-electron chi connectivity index (χ3n) is 6.72. The highest BCUT2D eigenvalue weighted by Crippen LogP contribution is 2.35. The topological polar surface area (TPSA) is 104 Å². The van der Waals surface area contributed by atoms with Crippen LogP contribution in [0.5, 0.6) is 0 Å². The Morgan fingerprint density at radius 2 is 2.03 bits per heavy atom. The summed E-state index contributed by atoms with van der Waals surface area (Å²) in [6.07, 6.45) is 7.45. The average Bonchev–Trinajstić information content (AvgIpc) is 3.53. The molecule has 2 aromatic heterocycles. The van der Waals surface area contributed by atoms with Crippen LogP contribution in [0, 0.1) is 0 Å². The summed E-state index contributed by atoms with van der Waals surface area (Å²) in [6, 6.07) is 4.34. The lowest BCUT2D eigenvalue weighted by molar-refractivity contribution is -0.120. The molecule has 1 aliphatic carbocycles. The van der Waals surface area contributed by atoms with Crippen molar-refractivity contribution in [2.24, 2.45) is 0 Å². The molecule has 1 atom stereocenters. The minimum Gasteiger partial charge on any atom is -0.383 e. The fourth-order valence-corrected chi connectivity index (χ4v) is 5.99. The third-order valence-corrected chi connectivity index (χ3v) is 7.70. The molecule has 174 valence electrons. The lowest BCUT2D eigenvalue weighted by Gasteiger charge is -2.32. The summed E-state index contributed by atoms with van der Waals surface area (Å²) in [5.74, 6) is -0.0121. The van der Waals surface area contributed by atoms with Gasteiger partial charge < -0.3 is 10.6 Å². The Bertz CT molecular complexity index is 1040. The van der Waals surface area contributed by atoms with Crippen LogP contribution in [0.25, 0.3) is 0 Å². The molecule has 9 heteroatoms. The molecule has 1 amide bonds. The van der Waals surface area contributed by atoms with Gasteiger partial charge >= 0.3 is 5.69 Å². The molecule has 1 saturated carbocycles. The lowest BCUT2D eigenvalue weighted by atomic mass is 10.1. The van der Waals surface area contributed by atoms with Gasteiger partial charge in [-0.05, 0) is 50.1 Å². The highest BCUT2D eigenvalue weighted by molar-refractivity contribution is 7.10. The van der Waals surface area contributed by atoms with E-state index in [-0.39, 0.29) is 36.0 Å². The van der Waals surface area contributed by atoms with E-state index in [1.807, 2.05) is 13.0 Å². The van der Waals surface area contributed by atoms with Gasteiger partial charge in [-0.1, -0.05) is 32.3 Å². The Hall–Kier alpha value is -2.39. The van der Waals surface area contributed by atoms with Crippen molar-refractivity contribution < 1.29 is 4.79 Å². The van der Waals surface area contributed by atoms with Crippen molar-refractivity contribution in [3.05, 3.63) is 43.2 Å². The van der Waals surface area contributed by atoms with Crippen LogP contribution in [-0.2, 0) is 11.3 Å². The molecule has 2 aliphatic rings. The van der Waals surface area contributed by atoms with Gasteiger partial charge in [-0.25, -0.2) is 4.79 Å². The maximum atomic E-state index is 13.7. The SMILES string of the molecule is CCCCn1c(N)c(N(C(=O)CN2CCCC2c2cccs2)C2CCCC2)c(=O)[nH]c1=O. The largest absolute Gasteiger partial charge is 0.383 e. The van der Waals surface area contributed by atoms with E-state index in [0.717, 1.165) is 57.9 Å². The minimum atomic E-state index is -0.572. The predicted octanol–water partition coefficient (Wildman–Crippen LogP) is 3.09. The van der Waals surface area contributed by atoms with E-state index in [9.17, 15) is 14.4 Å². The first kappa shape index (κ1) is 22.8. The van der Waals surface area contributed by atoms with Crippen LogP contribution < -0.4 is 21.9 Å². The van der Waals surface area contributed by atoms with Gasteiger partial charge in [-0.3, -0.25) is 24.0 Å². The molecule has 0 bridgehead atoms. The number of hydrogen-bond acceptors (Lipinski definition) is 6. The summed E-state index contributed by atoms with van der Waals surface area (Å²) in [5, 5.41) is 2.07. The number of aromatic nitrogens is 2. The van der Waals surface area contributed by atoms with Gasteiger partial charge in [0, 0.05) is 23.5 Å². The van der Waals surface area contributed by atoms with E-state index in [0.29, 0.717) is 6.54 Å². The van der Waals surface area contributed by atoms with Crippen molar-refractivity contribution in [3.8, 4) is 0 Å². The summed E-state index contributed by atoms with van der Waals surface area (Å²) in [4.78, 5) is 46.5. The molecular formula is C23H33N5O3S. The molecule has 1 aliphatic heterocycles. The maximum absolute atomic E-state index is 13.7. The van der Waals surface area contributed by atoms with Crippen LogP contribution in [0.3, 0.4) is 0 Å². The van der Waals surface area contributed by atoms with Crippen LogP contribution in [-0.4, -0.2) is 39.5 Å². The Balaban J connectivity index is 1.67. The van der Waals surface area contributed by atoms with Gasteiger partial charge in [0.25, 0.3) is 5.56 Å². The number of unbranched alkanes of at least 4 members (excludes halogenated alkanes) is 1. The van der Waals surface area contributed by atoms with Crippen molar-refractivity contribution in [1.82, 2.24) is 14.5 Å². The number of rotatable bonds is 8. The van der Waals surface area contributed by atoms with Crippen molar-refractivity contribution >= 4 is 28.7 Å². The number of carbonyl (C=O) groups excluding carboxylic acids is 1. The third kappa shape index (κ3) is 4.54. The van der Waals surface area contributed by atoms with Crippen LogP contribution in [0.15, 0.2) is 27.1 Å². The first-order valence-electron chi connectivity index (χ1n) is 11.7. The number of nitrogens with zero attached hydrogens (tertiary/aromatic N) is 3. The molecule has 1 unspecified atom stereocenters. The summed E-state index contributed by atoms with van der Waals surface area (Å²) in [6.45, 7) is 3.55. The molecular weight excluding hydrogens is 426 g/mol. The molecule has 32 heavy (non-hydrogen) atoms. The number of nitrogens with one attached hydrogen (secondary N) is 1. The monoisotopic (exact) mass is 459 g/mol. The predicted molar refractivity (Wildman–Crippen MR) is 128 cm³/mol. The van der Waals surface area contributed by atoms with Crippen molar-refractivity contribution in [3.63, 3.8) is 0 Å². The van der Waals surface area contributed by atoms with Crippen LogP contribution in [0.1, 0.15) is 69.2 Å². The summed E-state index contributed by atoms with van der Waals surface area (Å²) < 4.78 is 1.40. The first-order valence-corrected chi connectivity index (χ1v) is 12.6. The Labute approximate surface area is 192 Å². The van der Waals surface area contributed by atoms with E-state index in [2.05, 4.69) is 21.3 Å². The standard InChI is InChI=1S/C23H33N5O3S/c1-2-3-13-27-21(24)20(22(30)25-23(27)31)28(16-8-4-5-9-16)19(29)15-26-12-6-10-17(26)18-11-7-14-32-18/h7,11,14,16-17H,2-6,8-10,12-13,15,24H2,1H3,(H,25,30,31). The van der Waals surface area contributed by atoms with E-state index >= 15 is 0 Å². The molecule has 3 heterocycles. The number of likely N-dealkylation sites (tertiary alicyclic amines) is 1. The van der Waals surface area contributed by atoms with Crippen molar-refractivity contribution in [2.75, 3.05) is 23.7 Å². The highest BCUT2D eigenvalue weighted by atomic mass is 32.1. The van der Waals surface area contributed by atoms with Gasteiger partial charge in [-0.2, -0.15) is 0 Å². The molecule has 3 N–H and O–H groups in total. The zero-order chi connectivity index (χ0) is 22.7. The molecule has 0 spiro atoms. The zero-order valence-corrected chi connectivity index (χ0v) is 19.5. The Kier molecular flexibility index (Phi) is 7.15. The van der Waals surface area contributed by atoms with Crippen LogP contribution in [0.4, 0.5) is 11.5 Å². The fourth-order valence-electron chi connectivity index (χ4n) is 5.09. The summed E-state index contributed by atoms with van der Waals surface area (Å²) >= 11 is 1.72. The number of carbonyl (C=O) groups is 1.